The molecule has 0 bridgehead atoms. The highest BCUT2D eigenvalue weighted by molar-refractivity contribution is 5.94. The average molecular weight is 341 g/mol. The van der Waals surface area contributed by atoms with E-state index in [-0.39, 0.29) is 0 Å². The van der Waals surface area contributed by atoms with Crippen LogP contribution in [0.2, 0.25) is 0 Å². The fourth-order valence-corrected chi connectivity index (χ4v) is 3.51. The SMILES string of the molecule is CN1CCC(N2CCN(C(=O)c3ccc(F)c(F)c3F)CC2)CC1. The van der Waals surface area contributed by atoms with Gasteiger partial charge in [-0.2, -0.15) is 0 Å². The number of carbonyl (C=O) groups is 1. The van der Waals surface area contributed by atoms with Crippen LogP contribution in [-0.4, -0.2) is 73.0 Å². The average Bonchev–Trinajstić information content (AvgIpc) is 2.60. The Morgan fingerprint density at radius 2 is 1.58 bits per heavy atom. The highest BCUT2D eigenvalue weighted by atomic mass is 19.2. The summed E-state index contributed by atoms with van der Waals surface area (Å²) in [4.78, 5) is 18.6. The molecule has 2 aliphatic heterocycles. The van der Waals surface area contributed by atoms with E-state index in [1.165, 1.54) is 4.90 Å². The van der Waals surface area contributed by atoms with Crippen molar-refractivity contribution in [2.75, 3.05) is 46.3 Å². The largest absolute Gasteiger partial charge is 0.336 e. The van der Waals surface area contributed by atoms with Crippen LogP contribution in [0.5, 0.6) is 0 Å². The van der Waals surface area contributed by atoms with Gasteiger partial charge >= 0.3 is 0 Å². The van der Waals surface area contributed by atoms with Crippen LogP contribution in [0.25, 0.3) is 0 Å². The van der Waals surface area contributed by atoms with E-state index in [4.69, 9.17) is 0 Å². The van der Waals surface area contributed by atoms with E-state index >= 15 is 0 Å². The number of halogens is 3. The van der Waals surface area contributed by atoms with Gasteiger partial charge in [0, 0.05) is 32.2 Å². The zero-order valence-electron chi connectivity index (χ0n) is 13.8. The van der Waals surface area contributed by atoms with Crippen molar-refractivity contribution >= 4 is 5.91 Å². The first-order valence-corrected chi connectivity index (χ1v) is 8.32. The van der Waals surface area contributed by atoms with Crippen LogP contribution >= 0.6 is 0 Å². The standard InChI is InChI=1S/C17H22F3N3O/c1-21-6-4-12(5-7-21)22-8-10-23(11-9-22)17(24)13-2-3-14(18)16(20)15(13)19/h2-3,12H,4-11H2,1H3. The lowest BCUT2D eigenvalue weighted by molar-refractivity contribution is 0.0471. The van der Waals surface area contributed by atoms with Crippen molar-refractivity contribution in [1.82, 2.24) is 14.7 Å². The molecule has 0 aromatic heterocycles. The van der Waals surface area contributed by atoms with Crippen LogP contribution in [0.1, 0.15) is 23.2 Å². The van der Waals surface area contributed by atoms with Gasteiger partial charge in [-0.25, -0.2) is 13.2 Å². The number of hydrogen-bond acceptors (Lipinski definition) is 3. The third-order valence-electron chi connectivity index (χ3n) is 5.07. The first kappa shape index (κ1) is 17.2. The first-order valence-electron chi connectivity index (χ1n) is 8.32. The number of piperidine rings is 1. The van der Waals surface area contributed by atoms with Crippen LogP contribution in [0.4, 0.5) is 13.2 Å². The molecule has 1 amide bonds. The molecular formula is C17H22F3N3O. The van der Waals surface area contributed by atoms with Gasteiger partial charge in [-0.05, 0) is 45.1 Å². The van der Waals surface area contributed by atoms with Crippen molar-refractivity contribution in [3.63, 3.8) is 0 Å². The van der Waals surface area contributed by atoms with Gasteiger partial charge in [-0.3, -0.25) is 9.69 Å². The van der Waals surface area contributed by atoms with Gasteiger partial charge in [0.05, 0.1) is 5.56 Å². The van der Waals surface area contributed by atoms with E-state index in [9.17, 15) is 18.0 Å². The van der Waals surface area contributed by atoms with Crippen molar-refractivity contribution in [2.45, 2.75) is 18.9 Å². The summed E-state index contributed by atoms with van der Waals surface area (Å²) in [5, 5.41) is 0. The molecule has 3 rings (SSSR count). The van der Waals surface area contributed by atoms with Gasteiger partial charge in [0.25, 0.3) is 5.91 Å². The molecule has 1 aromatic carbocycles. The molecule has 2 saturated heterocycles. The lowest BCUT2D eigenvalue weighted by Crippen LogP contribution is -2.54. The Morgan fingerprint density at radius 3 is 2.21 bits per heavy atom. The van der Waals surface area contributed by atoms with Gasteiger partial charge in [0.2, 0.25) is 0 Å². The second kappa shape index (κ2) is 7.11. The van der Waals surface area contributed by atoms with E-state index in [0.717, 1.165) is 51.2 Å². The molecule has 2 aliphatic rings. The Kier molecular flexibility index (Phi) is 5.10. The quantitative estimate of drug-likeness (QED) is 0.770. The second-order valence-corrected chi connectivity index (χ2v) is 6.59. The van der Waals surface area contributed by atoms with Crippen LogP contribution in [-0.2, 0) is 0 Å². The molecule has 132 valence electrons. The molecule has 1 aromatic rings. The highest BCUT2D eigenvalue weighted by Gasteiger charge is 2.30. The van der Waals surface area contributed by atoms with Crippen molar-refractivity contribution < 1.29 is 18.0 Å². The maximum Gasteiger partial charge on any atom is 0.257 e. The number of rotatable bonds is 2. The van der Waals surface area contributed by atoms with E-state index < -0.39 is 28.9 Å². The maximum absolute atomic E-state index is 13.8. The summed E-state index contributed by atoms with van der Waals surface area (Å²) in [6.07, 6.45) is 2.23. The van der Waals surface area contributed by atoms with E-state index in [1.807, 2.05) is 0 Å². The van der Waals surface area contributed by atoms with E-state index in [0.29, 0.717) is 19.1 Å². The fourth-order valence-electron chi connectivity index (χ4n) is 3.51. The number of likely N-dealkylation sites (tertiary alicyclic amines) is 1. The van der Waals surface area contributed by atoms with Crippen LogP contribution < -0.4 is 0 Å². The third kappa shape index (κ3) is 3.42. The summed E-state index contributed by atoms with van der Waals surface area (Å²) in [6, 6.07) is 2.33. The first-order chi connectivity index (χ1) is 11.5. The van der Waals surface area contributed by atoms with E-state index in [1.54, 1.807) is 0 Å². The second-order valence-electron chi connectivity index (χ2n) is 6.59. The number of piperazine rings is 1. The summed E-state index contributed by atoms with van der Waals surface area (Å²) in [5.41, 5.74) is -0.401. The molecule has 0 saturated carbocycles. The van der Waals surface area contributed by atoms with Crippen LogP contribution in [0.15, 0.2) is 12.1 Å². The lowest BCUT2D eigenvalue weighted by Gasteiger charge is -2.42. The molecule has 2 fully saturated rings. The summed E-state index contributed by atoms with van der Waals surface area (Å²) in [6.45, 7) is 4.55. The predicted molar refractivity (Wildman–Crippen MR) is 84.3 cm³/mol. The molecule has 7 heteroatoms. The molecule has 0 spiro atoms. The topological polar surface area (TPSA) is 26.8 Å². The Bertz CT molecular complexity index is 609. The predicted octanol–water partition coefficient (Wildman–Crippen LogP) is 1.96. The number of amides is 1. The zero-order chi connectivity index (χ0) is 17.3. The molecule has 24 heavy (non-hydrogen) atoms. The Balaban J connectivity index is 1.60. The van der Waals surface area contributed by atoms with Crippen molar-refractivity contribution in [3.8, 4) is 0 Å². The molecule has 0 N–H and O–H groups in total. The molecule has 0 aliphatic carbocycles. The summed E-state index contributed by atoms with van der Waals surface area (Å²) in [7, 11) is 2.11. The summed E-state index contributed by atoms with van der Waals surface area (Å²) < 4.78 is 40.1. The Hall–Kier alpha value is -1.60. The van der Waals surface area contributed by atoms with Gasteiger partial charge in [-0.1, -0.05) is 0 Å². The number of carbonyl (C=O) groups excluding carboxylic acids is 1. The van der Waals surface area contributed by atoms with Gasteiger partial charge in [0.1, 0.15) is 0 Å². The monoisotopic (exact) mass is 341 g/mol. The smallest absolute Gasteiger partial charge is 0.257 e. The lowest BCUT2D eigenvalue weighted by atomic mass is 10.0. The molecule has 0 atom stereocenters. The van der Waals surface area contributed by atoms with Gasteiger partial charge in [-0.15, -0.1) is 0 Å². The fraction of sp³-hybridized carbons (Fsp3) is 0.588. The number of hydrogen-bond donors (Lipinski definition) is 0. The van der Waals surface area contributed by atoms with Gasteiger partial charge < -0.3 is 9.80 Å². The Labute approximate surface area is 139 Å². The van der Waals surface area contributed by atoms with Crippen molar-refractivity contribution in [3.05, 3.63) is 35.1 Å². The number of benzene rings is 1. The molecular weight excluding hydrogens is 319 g/mol. The van der Waals surface area contributed by atoms with Crippen LogP contribution in [0.3, 0.4) is 0 Å². The normalized spacial score (nSPS) is 21.2. The van der Waals surface area contributed by atoms with Crippen molar-refractivity contribution in [2.24, 2.45) is 0 Å². The summed E-state index contributed by atoms with van der Waals surface area (Å²) >= 11 is 0. The summed E-state index contributed by atoms with van der Waals surface area (Å²) in [5.74, 6) is -4.85. The molecule has 2 heterocycles. The maximum atomic E-state index is 13.8. The Morgan fingerprint density at radius 1 is 0.958 bits per heavy atom. The third-order valence-corrected chi connectivity index (χ3v) is 5.07. The highest BCUT2D eigenvalue weighted by Crippen LogP contribution is 2.20. The van der Waals surface area contributed by atoms with Crippen molar-refractivity contribution in [1.29, 1.82) is 0 Å². The minimum Gasteiger partial charge on any atom is -0.336 e. The van der Waals surface area contributed by atoms with E-state index in [2.05, 4.69) is 16.8 Å². The minimum atomic E-state index is -1.59. The molecule has 0 unspecified atom stereocenters. The minimum absolute atomic E-state index is 0.401. The molecule has 4 nitrogen and oxygen atoms in total. The zero-order valence-corrected chi connectivity index (χ0v) is 13.8. The van der Waals surface area contributed by atoms with Gasteiger partial charge in [0.15, 0.2) is 17.5 Å². The number of nitrogens with zero attached hydrogens (tertiary/aromatic N) is 3. The molecule has 0 radical (unpaired) electrons. The van der Waals surface area contributed by atoms with Crippen LogP contribution in [0, 0.1) is 17.5 Å².